The average molecular weight is 1030 g/mol. The fraction of sp³-hybridized carbons (Fsp3) is 0.700. The van der Waals surface area contributed by atoms with E-state index in [1.165, 1.54) is 11.1 Å². The molecular weight excluding hydrogens is 929 g/mol. The molecule has 4 N–H and O–H groups in total. The van der Waals surface area contributed by atoms with Crippen LogP contribution in [0.5, 0.6) is 0 Å². The van der Waals surface area contributed by atoms with Gasteiger partial charge in [-0.1, -0.05) is 128 Å². The van der Waals surface area contributed by atoms with E-state index >= 15 is 0 Å². The van der Waals surface area contributed by atoms with Crippen LogP contribution >= 0.6 is 0 Å². The molecule has 6 atom stereocenters. The Bertz CT molecular complexity index is 1880. The minimum atomic E-state index is -0.685. The van der Waals surface area contributed by atoms with Gasteiger partial charge in [-0.25, -0.2) is 0 Å². The van der Waals surface area contributed by atoms with Gasteiger partial charge in [-0.3, -0.25) is 28.8 Å². The van der Waals surface area contributed by atoms with Crippen molar-refractivity contribution in [2.24, 2.45) is 10.8 Å². The predicted molar refractivity (Wildman–Crippen MR) is 298 cm³/mol. The molecule has 14 heteroatoms. The van der Waals surface area contributed by atoms with E-state index in [1.54, 1.807) is 27.9 Å². The second-order valence-corrected chi connectivity index (χ2v) is 23.5. The van der Waals surface area contributed by atoms with E-state index in [0.717, 1.165) is 103 Å². The third-order valence-electron chi connectivity index (χ3n) is 15.3. The number of benzene rings is 2. The highest BCUT2D eigenvalue weighted by molar-refractivity contribution is 5.91. The number of carbonyl (C=O) groups is 6. The molecule has 2 fully saturated rings. The zero-order valence-electron chi connectivity index (χ0n) is 47.4. The van der Waals surface area contributed by atoms with Gasteiger partial charge in [0.25, 0.3) is 0 Å². The molecule has 4 rings (SSSR count). The van der Waals surface area contributed by atoms with Gasteiger partial charge >= 0.3 is 0 Å². The highest BCUT2D eigenvalue weighted by atomic mass is 16.2. The average Bonchev–Trinajstić information content (AvgIpc) is 4.06. The van der Waals surface area contributed by atoms with Crippen LogP contribution in [0.3, 0.4) is 0 Å². The summed E-state index contributed by atoms with van der Waals surface area (Å²) in [6.07, 6.45) is 15.2. The zero-order chi connectivity index (χ0) is 54.3. The molecule has 6 amide bonds. The maximum Gasteiger partial charge on any atom is 0.246 e. The maximum atomic E-state index is 14.2. The number of likely N-dealkylation sites (N-methyl/N-ethyl adjacent to an activating group) is 2. The Balaban J connectivity index is 1.31. The smallest absolute Gasteiger partial charge is 0.246 e. The van der Waals surface area contributed by atoms with Gasteiger partial charge in [-0.05, 0) is 127 Å². The molecule has 74 heavy (non-hydrogen) atoms. The van der Waals surface area contributed by atoms with Gasteiger partial charge in [-0.2, -0.15) is 0 Å². The van der Waals surface area contributed by atoms with E-state index in [0.29, 0.717) is 52.1 Å². The van der Waals surface area contributed by atoms with Crippen LogP contribution in [0.25, 0.3) is 0 Å². The summed E-state index contributed by atoms with van der Waals surface area (Å²) in [7, 11) is 3.46. The molecule has 2 aromatic rings. The van der Waals surface area contributed by atoms with Crippen LogP contribution in [0.15, 0.2) is 60.7 Å². The van der Waals surface area contributed by atoms with Crippen molar-refractivity contribution in [1.82, 2.24) is 40.9 Å². The largest absolute Gasteiger partial charge is 0.342 e. The Morgan fingerprint density at radius 2 is 0.878 bits per heavy atom. The number of hydrogen-bond donors (Lipinski definition) is 4. The number of aryl methyl sites for hydroxylation is 2. The second kappa shape index (κ2) is 31.3. The molecule has 414 valence electrons. The molecule has 0 spiro atoms. The number of hydrogen-bond acceptors (Lipinski definition) is 8. The third-order valence-corrected chi connectivity index (χ3v) is 15.3. The Hall–Kier alpha value is -4.82. The number of rotatable bonds is 31. The van der Waals surface area contributed by atoms with Crippen molar-refractivity contribution in [2.45, 2.75) is 207 Å². The van der Waals surface area contributed by atoms with Gasteiger partial charge in [0.1, 0.15) is 12.1 Å². The third kappa shape index (κ3) is 20.4. The Kier molecular flexibility index (Phi) is 26.1. The molecule has 2 aliphatic heterocycles. The van der Waals surface area contributed by atoms with E-state index in [2.05, 4.69) is 69.8 Å². The summed E-state index contributed by atoms with van der Waals surface area (Å²) < 4.78 is 0. The van der Waals surface area contributed by atoms with Crippen molar-refractivity contribution >= 4 is 35.4 Å². The Labute approximate surface area is 446 Å². The van der Waals surface area contributed by atoms with Crippen molar-refractivity contribution in [1.29, 1.82) is 0 Å². The predicted octanol–water partition coefficient (Wildman–Crippen LogP) is 8.07. The van der Waals surface area contributed by atoms with Crippen molar-refractivity contribution in [3.05, 3.63) is 71.8 Å². The number of likely N-dealkylation sites (tertiary alicyclic amines) is 2. The summed E-state index contributed by atoms with van der Waals surface area (Å²) in [5.41, 5.74) is 1.58. The molecule has 0 saturated carbocycles. The van der Waals surface area contributed by atoms with Crippen LogP contribution in [0.1, 0.15) is 169 Å². The monoisotopic (exact) mass is 1030 g/mol. The molecule has 0 aromatic heterocycles. The van der Waals surface area contributed by atoms with Crippen LogP contribution < -0.4 is 21.3 Å². The van der Waals surface area contributed by atoms with Crippen LogP contribution in [-0.2, 0) is 41.6 Å². The molecule has 2 heterocycles. The van der Waals surface area contributed by atoms with E-state index in [1.807, 2.05) is 73.3 Å². The maximum absolute atomic E-state index is 14.2. The van der Waals surface area contributed by atoms with Crippen LogP contribution in [0.2, 0.25) is 0 Å². The zero-order valence-corrected chi connectivity index (χ0v) is 47.4. The summed E-state index contributed by atoms with van der Waals surface area (Å²) in [6, 6.07) is 18.4. The first kappa shape index (κ1) is 61.7. The minimum absolute atomic E-state index is 0.0819. The summed E-state index contributed by atoms with van der Waals surface area (Å²) in [5.74, 6) is -0.318. The van der Waals surface area contributed by atoms with Gasteiger partial charge in [-0.15, -0.1) is 0 Å². The van der Waals surface area contributed by atoms with Gasteiger partial charge in [0, 0.05) is 64.2 Å². The SMILES string of the molecule is CN[C@@H](C)C(=O)N[C@H](C(=O)N1CCC[C@H]1CN(CCCCc1ccccc1)C(=O)CCCCCCCCC(=O)N(CCCCc1ccccc1)C[C@@H]1CCCN1C(=O)[C@@H](NC(=O)[C@H](C)NC)C(C)(C)C)C(C)(C)C. The Morgan fingerprint density at radius 3 is 1.22 bits per heavy atom. The molecule has 0 radical (unpaired) electrons. The lowest BCUT2D eigenvalue weighted by Crippen LogP contribution is -2.59. The van der Waals surface area contributed by atoms with Gasteiger partial charge in [0.2, 0.25) is 35.4 Å². The lowest BCUT2D eigenvalue weighted by molar-refractivity contribution is -0.142. The first-order chi connectivity index (χ1) is 35.2. The number of amides is 6. The van der Waals surface area contributed by atoms with Crippen LogP contribution in [0.4, 0.5) is 0 Å². The molecule has 0 bridgehead atoms. The molecule has 0 unspecified atom stereocenters. The molecular formula is C60H98N8O6. The molecule has 2 aliphatic rings. The van der Waals surface area contributed by atoms with Gasteiger partial charge in [0.05, 0.1) is 12.1 Å². The van der Waals surface area contributed by atoms with Gasteiger partial charge in [0.15, 0.2) is 0 Å². The summed E-state index contributed by atoms with van der Waals surface area (Å²) in [4.78, 5) is 90.5. The second-order valence-electron chi connectivity index (χ2n) is 23.5. The first-order valence-corrected chi connectivity index (χ1v) is 28.4. The number of nitrogens with zero attached hydrogens (tertiary/aromatic N) is 4. The van der Waals surface area contributed by atoms with E-state index in [4.69, 9.17) is 0 Å². The minimum Gasteiger partial charge on any atom is -0.342 e. The van der Waals surface area contributed by atoms with Crippen molar-refractivity contribution in [3.63, 3.8) is 0 Å². The van der Waals surface area contributed by atoms with E-state index < -0.39 is 35.0 Å². The highest BCUT2D eigenvalue weighted by Crippen LogP contribution is 2.29. The lowest BCUT2D eigenvalue weighted by Gasteiger charge is -2.37. The molecule has 2 aromatic carbocycles. The first-order valence-electron chi connectivity index (χ1n) is 28.4. The molecule has 14 nitrogen and oxygen atoms in total. The fourth-order valence-corrected chi connectivity index (χ4v) is 10.3. The molecule has 2 saturated heterocycles. The normalized spacial score (nSPS) is 17.6. The summed E-state index contributed by atoms with van der Waals surface area (Å²) in [6.45, 7) is 18.9. The fourth-order valence-electron chi connectivity index (χ4n) is 10.3. The van der Waals surface area contributed by atoms with Crippen molar-refractivity contribution in [3.8, 4) is 0 Å². The highest BCUT2D eigenvalue weighted by Gasteiger charge is 2.42. The Morgan fingerprint density at radius 1 is 0.527 bits per heavy atom. The van der Waals surface area contributed by atoms with Crippen molar-refractivity contribution in [2.75, 3.05) is 53.4 Å². The van der Waals surface area contributed by atoms with E-state index in [9.17, 15) is 28.8 Å². The quantitative estimate of drug-likeness (QED) is 0.0552. The molecule has 0 aliphatic carbocycles. The standard InChI is InChI=1S/C60H98N8O6/c1-45(61-9)55(71)63-53(59(3,4)5)57(73)67-41-27-35-49(67)43-65(39-25-23-33-47-29-17-15-18-30-47)51(69)37-21-13-11-12-14-22-38-52(70)66(40-26-24-34-48-31-19-16-20-32-48)44-50-36-28-42-68(50)58(74)54(60(6,7)8)64-56(72)46(2)62-10/h15-20,29-32,45-46,49-50,53-54,61-62H,11-14,21-28,33-44H2,1-10H3,(H,63,71)(H,64,72)/t45-,46-,49-,50-,53+,54+/m0/s1. The number of nitrogens with one attached hydrogen (secondary N) is 4. The summed E-state index contributed by atoms with van der Waals surface area (Å²) in [5, 5.41) is 12.0. The van der Waals surface area contributed by atoms with Gasteiger partial charge < -0.3 is 40.9 Å². The van der Waals surface area contributed by atoms with Crippen LogP contribution in [-0.4, -0.2) is 145 Å². The lowest BCUT2D eigenvalue weighted by atomic mass is 9.85. The number of unbranched alkanes of at least 4 members (excludes halogenated alkanes) is 7. The van der Waals surface area contributed by atoms with Crippen molar-refractivity contribution < 1.29 is 28.8 Å². The summed E-state index contributed by atoms with van der Waals surface area (Å²) >= 11 is 0. The van der Waals surface area contributed by atoms with E-state index in [-0.39, 0.29) is 47.5 Å². The number of carbonyl (C=O) groups excluding carboxylic acids is 6. The van der Waals surface area contributed by atoms with Crippen LogP contribution in [0, 0.1) is 10.8 Å². The topological polar surface area (TPSA) is 163 Å².